The normalized spacial score (nSPS) is 17.8. The molecule has 0 aromatic carbocycles. The molecule has 1 aliphatic heterocycles. The van der Waals surface area contributed by atoms with Gasteiger partial charge in [-0.15, -0.1) is 35.3 Å². The van der Waals surface area contributed by atoms with Crippen molar-refractivity contribution < 1.29 is 0 Å². The number of piperazine rings is 1. The van der Waals surface area contributed by atoms with Crippen LogP contribution in [0.2, 0.25) is 0 Å². The molecule has 0 saturated carbocycles. The first-order chi connectivity index (χ1) is 12.0. The van der Waals surface area contributed by atoms with Crippen LogP contribution in [0.15, 0.2) is 11.2 Å². The lowest BCUT2D eigenvalue weighted by atomic mass is 10.0. The highest BCUT2D eigenvalue weighted by molar-refractivity contribution is 14.0. The minimum atomic E-state index is 0. The fourth-order valence-electron chi connectivity index (χ4n) is 3.11. The second-order valence-electron chi connectivity index (χ2n) is 7.03. The Morgan fingerprint density at radius 1 is 1.27 bits per heavy atom. The number of aryl methyl sites for hydroxylation is 1. The third kappa shape index (κ3) is 7.28. The summed E-state index contributed by atoms with van der Waals surface area (Å²) >= 11 is 1.77. The van der Waals surface area contributed by atoms with E-state index in [9.17, 15) is 0 Å². The lowest BCUT2D eigenvalue weighted by Gasteiger charge is -2.40. The standard InChI is InChI=1S/C18H34N6S.HI/c1-6-15-11-20-17(25-15)13-22-18(19-4)21-12-16(14(2)3)24-9-7-23(5)8-10-24;/h11,14,16H,6-10,12-13H2,1-5H3,(H2,19,21,22);1H. The monoisotopic (exact) mass is 494 g/mol. The van der Waals surface area contributed by atoms with Crippen molar-refractivity contribution in [2.75, 3.05) is 46.8 Å². The Bertz CT molecular complexity index is 540. The Kier molecular flexibility index (Phi) is 11.0. The first kappa shape index (κ1) is 23.6. The number of guanidine groups is 1. The number of thiazole rings is 1. The van der Waals surface area contributed by atoms with Crippen molar-refractivity contribution >= 4 is 41.3 Å². The fourth-order valence-corrected chi connectivity index (χ4v) is 3.92. The number of rotatable bonds is 7. The molecule has 1 atom stereocenters. The molecule has 1 aromatic heterocycles. The second-order valence-corrected chi connectivity index (χ2v) is 8.23. The molecule has 0 bridgehead atoms. The zero-order chi connectivity index (χ0) is 18.2. The highest BCUT2D eigenvalue weighted by Gasteiger charge is 2.25. The fraction of sp³-hybridized carbons (Fsp3) is 0.778. The van der Waals surface area contributed by atoms with Crippen LogP contribution in [-0.2, 0) is 13.0 Å². The summed E-state index contributed by atoms with van der Waals surface area (Å²) < 4.78 is 0. The van der Waals surface area contributed by atoms with Crippen LogP contribution in [0.4, 0.5) is 0 Å². The lowest BCUT2D eigenvalue weighted by Crippen LogP contribution is -2.55. The number of hydrogen-bond acceptors (Lipinski definition) is 5. The summed E-state index contributed by atoms with van der Waals surface area (Å²) in [6.07, 6.45) is 3.02. The maximum Gasteiger partial charge on any atom is 0.191 e. The van der Waals surface area contributed by atoms with Crippen LogP contribution >= 0.6 is 35.3 Å². The van der Waals surface area contributed by atoms with E-state index >= 15 is 0 Å². The molecule has 1 aromatic rings. The van der Waals surface area contributed by atoms with Crippen LogP contribution < -0.4 is 10.6 Å². The summed E-state index contributed by atoms with van der Waals surface area (Å²) in [5, 5.41) is 8.01. The van der Waals surface area contributed by atoms with E-state index in [1.54, 1.807) is 11.3 Å². The molecule has 2 N–H and O–H groups in total. The van der Waals surface area contributed by atoms with Crippen LogP contribution in [0.1, 0.15) is 30.7 Å². The molecule has 1 unspecified atom stereocenters. The molecule has 2 rings (SSSR count). The van der Waals surface area contributed by atoms with Gasteiger partial charge in [0.25, 0.3) is 0 Å². The van der Waals surface area contributed by atoms with Gasteiger partial charge >= 0.3 is 0 Å². The van der Waals surface area contributed by atoms with Gasteiger partial charge in [0.2, 0.25) is 0 Å². The minimum absolute atomic E-state index is 0. The Balaban J connectivity index is 0.00000338. The van der Waals surface area contributed by atoms with Crippen LogP contribution in [-0.4, -0.2) is 73.6 Å². The third-order valence-electron chi connectivity index (χ3n) is 4.84. The van der Waals surface area contributed by atoms with Gasteiger partial charge < -0.3 is 15.5 Å². The molecule has 150 valence electrons. The number of hydrogen-bond donors (Lipinski definition) is 2. The Hall–Kier alpha value is -0.450. The molecule has 2 heterocycles. The molecule has 26 heavy (non-hydrogen) atoms. The van der Waals surface area contributed by atoms with Gasteiger partial charge in [-0.3, -0.25) is 9.89 Å². The van der Waals surface area contributed by atoms with E-state index < -0.39 is 0 Å². The molecule has 6 nitrogen and oxygen atoms in total. The van der Waals surface area contributed by atoms with E-state index in [0.29, 0.717) is 12.0 Å². The Morgan fingerprint density at radius 3 is 2.50 bits per heavy atom. The van der Waals surface area contributed by atoms with Gasteiger partial charge in [0.15, 0.2) is 5.96 Å². The zero-order valence-corrected chi connectivity index (χ0v) is 19.9. The van der Waals surface area contributed by atoms with Crippen molar-refractivity contribution in [3.8, 4) is 0 Å². The van der Waals surface area contributed by atoms with E-state index in [0.717, 1.165) is 56.7 Å². The molecule has 0 spiro atoms. The third-order valence-corrected chi connectivity index (χ3v) is 5.98. The Morgan fingerprint density at radius 2 is 1.96 bits per heavy atom. The first-order valence-electron chi connectivity index (χ1n) is 9.34. The zero-order valence-electron chi connectivity index (χ0n) is 16.8. The number of nitrogens with one attached hydrogen (secondary N) is 2. The molecular weight excluding hydrogens is 459 g/mol. The quantitative estimate of drug-likeness (QED) is 0.346. The average molecular weight is 494 g/mol. The van der Waals surface area contributed by atoms with Crippen molar-refractivity contribution in [1.82, 2.24) is 25.4 Å². The van der Waals surface area contributed by atoms with E-state index in [-0.39, 0.29) is 24.0 Å². The molecule has 0 aliphatic carbocycles. The number of aromatic nitrogens is 1. The van der Waals surface area contributed by atoms with E-state index in [2.05, 4.69) is 58.2 Å². The minimum Gasteiger partial charge on any atom is -0.355 e. The van der Waals surface area contributed by atoms with Crippen molar-refractivity contribution in [1.29, 1.82) is 0 Å². The molecule has 1 aliphatic rings. The summed E-state index contributed by atoms with van der Waals surface area (Å²) in [7, 11) is 4.03. The van der Waals surface area contributed by atoms with Gasteiger partial charge in [0.05, 0.1) is 6.54 Å². The van der Waals surface area contributed by atoms with Gasteiger partial charge in [-0.25, -0.2) is 4.98 Å². The van der Waals surface area contributed by atoms with E-state index in [1.165, 1.54) is 4.88 Å². The summed E-state index contributed by atoms with van der Waals surface area (Å²) in [5.41, 5.74) is 0. The van der Waals surface area contributed by atoms with Crippen LogP contribution in [0.3, 0.4) is 0 Å². The van der Waals surface area contributed by atoms with E-state index in [1.807, 2.05) is 13.2 Å². The molecule has 1 saturated heterocycles. The number of halogens is 1. The Labute approximate surface area is 179 Å². The van der Waals surface area contributed by atoms with Crippen LogP contribution in [0, 0.1) is 5.92 Å². The maximum absolute atomic E-state index is 4.46. The van der Waals surface area contributed by atoms with Crippen molar-refractivity contribution in [3.63, 3.8) is 0 Å². The second kappa shape index (κ2) is 12.1. The van der Waals surface area contributed by atoms with Crippen molar-refractivity contribution in [3.05, 3.63) is 16.1 Å². The first-order valence-corrected chi connectivity index (χ1v) is 10.2. The van der Waals surface area contributed by atoms with E-state index in [4.69, 9.17) is 0 Å². The van der Waals surface area contributed by atoms with Gasteiger partial charge in [-0.1, -0.05) is 20.8 Å². The van der Waals surface area contributed by atoms with Crippen molar-refractivity contribution in [2.45, 2.75) is 39.8 Å². The van der Waals surface area contributed by atoms with Gasteiger partial charge in [-0.05, 0) is 19.4 Å². The molecule has 0 radical (unpaired) electrons. The van der Waals surface area contributed by atoms with Crippen LogP contribution in [0.25, 0.3) is 0 Å². The van der Waals surface area contributed by atoms with Gasteiger partial charge in [0, 0.05) is 56.9 Å². The molecule has 1 fully saturated rings. The number of aliphatic imine (C=N–C) groups is 1. The van der Waals surface area contributed by atoms with Gasteiger partial charge in [-0.2, -0.15) is 0 Å². The highest BCUT2D eigenvalue weighted by Crippen LogP contribution is 2.14. The average Bonchev–Trinajstić information content (AvgIpc) is 3.07. The van der Waals surface area contributed by atoms with Crippen molar-refractivity contribution in [2.24, 2.45) is 10.9 Å². The number of likely N-dealkylation sites (N-methyl/N-ethyl adjacent to an activating group) is 1. The molecule has 0 amide bonds. The summed E-state index contributed by atoms with van der Waals surface area (Å²) in [6, 6.07) is 0.527. The smallest absolute Gasteiger partial charge is 0.191 e. The molecule has 8 heteroatoms. The van der Waals surface area contributed by atoms with Crippen LogP contribution in [0.5, 0.6) is 0 Å². The predicted molar refractivity (Wildman–Crippen MR) is 123 cm³/mol. The number of nitrogens with zero attached hydrogens (tertiary/aromatic N) is 4. The largest absolute Gasteiger partial charge is 0.355 e. The predicted octanol–water partition coefficient (Wildman–Crippen LogP) is 2.26. The summed E-state index contributed by atoms with van der Waals surface area (Å²) in [5.74, 6) is 1.47. The summed E-state index contributed by atoms with van der Waals surface area (Å²) in [4.78, 5) is 15.2. The summed E-state index contributed by atoms with van der Waals surface area (Å²) in [6.45, 7) is 13.0. The topological polar surface area (TPSA) is 55.8 Å². The maximum atomic E-state index is 4.46. The SMILES string of the molecule is CCc1cnc(CNC(=NC)NCC(C(C)C)N2CCN(C)CC2)s1.I. The molecular formula is C18H35IN6S. The highest BCUT2D eigenvalue weighted by atomic mass is 127. The lowest BCUT2D eigenvalue weighted by molar-refractivity contribution is 0.0900. The van der Waals surface area contributed by atoms with Gasteiger partial charge in [0.1, 0.15) is 5.01 Å².